The summed E-state index contributed by atoms with van der Waals surface area (Å²) < 4.78 is 2.32. The second-order valence-electron chi connectivity index (χ2n) is 6.68. The predicted molar refractivity (Wildman–Crippen MR) is 96.9 cm³/mol. The predicted octanol–water partition coefficient (Wildman–Crippen LogP) is 3.55. The number of fused-ring (bicyclic) bond motifs is 1. The fraction of sp³-hybridized carbons (Fsp3) is 0.400. The zero-order valence-corrected chi connectivity index (χ0v) is 14.3. The second-order valence-corrected chi connectivity index (χ2v) is 6.68. The first kappa shape index (κ1) is 15.3. The Labute approximate surface area is 143 Å². The van der Waals surface area contributed by atoms with Crippen LogP contribution < -0.4 is 0 Å². The summed E-state index contributed by atoms with van der Waals surface area (Å²) in [5.41, 5.74) is 4.09. The molecule has 24 heavy (non-hydrogen) atoms. The summed E-state index contributed by atoms with van der Waals surface area (Å²) in [7, 11) is 2.17. The molecule has 1 saturated heterocycles. The molecule has 0 spiro atoms. The summed E-state index contributed by atoms with van der Waals surface area (Å²) in [4.78, 5) is 11.5. The molecule has 124 valence electrons. The first-order valence-electron chi connectivity index (χ1n) is 8.86. The van der Waals surface area contributed by atoms with Crippen LogP contribution in [-0.2, 0) is 20.0 Å². The van der Waals surface area contributed by atoms with Gasteiger partial charge in [-0.05, 0) is 43.6 Å². The molecule has 0 bridgehead atoms. The van der Waals surface area contributed by atoms with Crippen molar-refractivity contribution in [3.63, 3.8) is 0 Å². The maximum Gasteiger partial charge on any atom is 0.134 e. The van der Waals surface area contributed by atoms with E-state index >= 15 is 0 Å². The van der Waals surface area contributed by atoms with Crippen LogP contribution in [0.1, 0.15) is 36.3 Å². The lowest BCUT2D eigenvalue weighted by Gasteiger charge is -2.26. The van der Waals surface area contributed by atoms with Crippen molar-refractivity contribution in [1.29, 1.82) is 0 Å². The number of aryl methyl sites for hydroxylation is 1. The zero-order chi connectivity index (χ0) is 16.4. The maximum absolute atomic E-state index is 4.44. The number of benzene rings is 1. The van der Waals surface area contributed by atoms with Gasteiger partial charge in [-0.1, -0.05) is 24.6 Å². The van der Waals surface area contributed by atoms with Gasteiger partial charge in [-0.2, -0.15) is 0 Å². The molecule has 0 amide bonds. The first-order valence-corrected chi connectivity index (χ1v) is 8.86. The Morgan fingerprint density at radius 1 is 0.958 bits per heavy atom. The van der Waals surface area contributed by atoms with Crippen LogP contribution in [0.5, 0.6) is 0 Å². The monoisotopic (exact) mass is 320 g/mol. The molecule has 1 aromatic carbocycles. The minimum Gasteiger partial charge on any atom is -0.347 e. The van der Waals surface area contributed by atoms with Crippen molar-refractivity contribution in [1.82, 2.24) is 19.4 Å². The Balaban J connectivity index is 1.75. The van der Waals surface area contributed by atoms with Crippen LogP contribution in [0.2, 0.25) is 0 Å². The molecule has 3 aromatic rings. The van der Waals surface area contributed by atoms with E-state index in [1.807, 2.05) is 18.5 Å². The van der Waals surface area contributed by atoms with Gasteiger partial charge in [0.05, 0.1) is 0 Å². The van der Waals surface area contributed by atoms with Crippen molar-refractivity contribution in [2.45, 2.75) is 32.2 Å². The fourth-order valence-corrected chi connectivity index (χ4v) is 3.84. The lowest BCUT2D eigenvalue weighted by Crippen LogP contribution is -2.29. The molecule has 0 atom stereocenters. The Morgan fingerprint density at radius 3 is 2.50 bits per heavy atom. The van der Waals surface area contributed by atoms with E-state index in [1.165, 1.54) is 54.5 Å². The van der Waals surface area contributed by atoms with Crippen LogP contribution in [0.4, 0.5) is 0 Å². The molecule has 1 aliphatic rings. The molecule has 4 heteroatoms. The zero-order valence-electron chi connectivity index (χ0n) is 14.3. The highest BCUT2D eigenvalue weighted by molar-refractivity contribution is 5.85. The maximum atomic E-state index is 4.44. The Hall–Kier alpha value is -2.20. The summed E-state index contributed by atoms with van der Waals surface area (Å²) in [5, 5.41) is 1.37. The summed E-state index contributed by atoms with van der Waals surface area (Å²) in [6.07, 6.45) is 8.46. The van der Waals surface area contributed by atoms with Crippen molar-refractivity contribution in [3.8, 4) is 0 Å². The number of nitrogens with zero attached hydrogens (tertiary/aromatic N) is 4. The lowest BCUT2D eigenvalue weighted by atomic mass is 10.1. The van der Waals surface area contributed by atoms with E-state index in [0.29, 0.717) is 0 Å². The van der Waals surface area contributed by atoms with E-state index in [2.05, 4.69) is 50.7 Å². The summed E-state index contributed by atoms with van der Waals surface area (Å²) in [5.74, 6) is 0.892. The number of rotatable bonds is 4. The van der Waals surface area contributed by atoms with Crippen LogP contribution in [0.3, 0.4) is 0 Å². The van der Waals surface area contributed by atoms with Crippen LogP contribution in [0.25, 0.3) is 10.9 Å². The molecule has 0 aliphatic carbocycles. The summed E-state index contributed by atoms with van der Waals surface area (Å²) >= 11 is 0. The number of piperidine rings is 1. The summed E-state index contributed by atoms with van der Waals surface area (Å²) in [6, 6.07) is 10.6. The van der Waals surface area contributed by atoms with E-state index in [9.17, 15) is 0 Å². The minimum atomic E-state index is 0.787. The van der Waals surface area contributed by atoms with Gasteiger partial charge < -0.3 is 4.57 Å². The molecule has 3 heterocycles. The molecule has 0 unspecified atom stereocenters. The topological polar surface area (TPSA) is 34.0 Å². The molecule has 1 aliphatic heterocycles. The van der Waals surface area contributed by atoms with Crippen molar-refractivity contribution in [3.05, 3.63) is 59.8 Å². The van der Waals surface area contributed by atoms with Gasteiger partial charge in [-0.25, -0.2) is 9.97 Å². The van der Waals surface area contributed by atoms with Crippen molar-refractivity contribution in [2.75, 3.05) is 13.1 Å². The normalized spacial score (nSPS) is 15.9. The van der Waals surface area contributed by atoms with Crippen LogP contribution in [-0.4, -0.2) is 32.5 Å². The van der Waals surface area contributed by atoms with Gasteiger partial charge in [0.1, 0.15) is 5.82 Å². The average Bonchev–Trinajstić information content (AvgIpc) is 2.90. The fourth-order valence-electron chi connectivity index (χ4n) is 3.84. The Morgan fingerprint density at radius 2 is 1.71 bits per heavy atom. The van der Waals surface area contributed by atoms with E-state index in [0.717, 1.165) is 18.8 Å². The molecule has 0 N–H and O–H groups in total. The van der Waals surface area contributed by atoms with Gasteiger partial charge in [0.15, 0.2) is 0 Å². The quantitative estimate of drug-likeness (QED) is 0.737. The molecular weight excluding hydrogens is 296 g/mol. The van der Waals surface area contributed by atoms with Crippen LogP contribution in [0, 0.1) is 0 Å². The molecule has 1 fully saturated rings. The molecule has 4 rings (SSSR count). The number of hydrogen-bond acceptors (Lipinski definition) is 3. The lowest BCUT2D eigenvalue weighted by molar-refractivity contribution is 0.221. The summed E-state index contributed by atoms with van der Waals surface area (Å²) in [6.45, 7) is 3.46. The van der Waals surface area contributed by atoms with Gasteiger partial charge in [-0.3, -0.25) is 4.90 Å². The molecular formula is C20H24N4. The Bertz CT molecular complexity index is 816. The van der Waals surface area contributed by atoms with E-state index in [4.69, 9.17) is 0 Å². The Kier molecular flexibility index (Phi) is 4.30. The molecule has 0 radical (unpaired) electrons. The van der Waals surface area contributed by atoms with Crippen LogP contribution >= 0.6 is 0 Å². The minimum absolute atomic E-state index is 0.787. The third-order valence-corrected chi connectivity index (χ3v) is 5.12. The van der Waals surface area contributed by atoms with E-state index in [-0.39, 0.29) is 0 Å². The van der Waals surface area contributed by atoms with Crippen molar-refractivity contribution < 1.29 is 0 Å². The van der Waals surface area contributed by atoms with Gasteiger partial charge in [-0.15, -0.1) is 0 Å². The van der Waals surface area contributed by atoms with Gasteiger partial charge in [0, 0.05) is 49.0 Å². The highest BCUT2D eigenvalue weighted by Crippen LogP contribution is 2.28. The smallest absolute Gasteiger partial charge is 0.134 e. The number of hydrogen-bond donors (Lipinski definition) is 0. The van der Waals surface area contributed by atoms with Crippen molar-refractivity contribution >= 4 is 10.9 Å². The van der Waals surface area contributed by atoms with E-state index < -0.39 is 0 Å². The highest BCUT2D eigenvalue weighted by atomic mass is 15.1. The molecule has 2 aromatic heterocycles. The van der Waals surface area contributed by atoms with E-state index in [1.54, 1.807) is 0 Å². The molecule has 0 saturated carbocycles. The third-order valence-electron chi connectivity index (χ3n) is 5.12. The number of likely N-dealkylation sites (tertiary alicyclic amines) is 1. The second kappa shape index (κ2) is 6.73. The van der Waals surface area contributed by atoms with Crippen molar-refractivity contribution in [2.24, 2.45) is 7.05 Å². The van der Waals surface area contributed by atoms with Crippen LogP contribution in [0.15, 0.2) is 42.7 Å². The molecule has 4 nitrogen and oxygen atoms in total. The number of aromatic nitrogens is 3. The third kappa shape index (κ3) is 2.94. The number of para-hydroxylation sites is 1. The largest absolute Gasteiger partial charge is 0.347 e. The SMILES string of the molecule is Cn1c(Cc2ncccn2)c(CN2CCCCC2)c2ccccc21. The van der Waals surface area contributed by atoms with Gasteiger partial charge >= 0.3 is 0 Å². The standard InChI is InChI=1S/C20H24N4/c1-23-18-9-4-3-8-16(18)17(15-24-12-5-2-6-13-24)19(23)14-20-21-10-7-11-22-20/h3-4,7-11H,2,5-6,12-15H2,1H3. The average molecular weight is 320 g/mol. The van der Waals surface area contributed by atoms with Gasteiger partial charge in [0.2, 0.25) is 0 Å². The van der Waals surface area contributed by atoms with Gasteiger partial charge in [0.25, 0.3) is 0 Å². The highest BCUT2D eigenvalue weighted by Gasteiger charge is 2.19. The first-order chi connectivity index (χ1) is 11.8.